The van der Waals surface area contributed by atoms with Crippen molar-refractivity contribution in [1.82, 2.24) is 0 Å². The van der Waals surface area contributed by atoms with Gasteiger partial charge < -0.3 is 42.3 Å². The Labute approximate surface area is 575 Å². The standard InChI is InChI=1S/C24H34O5.C18H15S.C14H28O2.C11H14F2O6S2.C10H14O/c1-6-18(2)20-7-9-23(10-8-20)28-11-12-29-24-21(16-26-4)13-19(15-25-3)14-22(24)17-27-5;1-4-10-16(11-5-1)19(17-12-6-2-7-13-17)18-14-8-3-9-15-18;1-8-13(6,7)12(15)16-14(9-2,10-3)11(4)5;1-3-8(2)9-4-6-10(7-5-9)19-21(17,18)11(12,13)20(14,15)16;1-3-8(2)9-4-6-10(11)7-5-9/h7-10,13-14,18H,6,11-12,15-17H2,1-5H3;1-15H;11H,8-10H2,1-7H3;4-8H,3H2,1-2H3,(H,14,15,16);4-8,11H,3H2,1-2H3/q;+1;;;/p-1. The van der Waals surface area contributed by atoms with E-state index >= 15 is 0 Å². The molecule has 0 aliphatic heterocycles. The maximum absolute atomic E-state index is 13.0. The van der Waals surface area contributed by atoms with E-state index in [1.165, 1.54) is 37.9 Å². The van der Waals surface area contributed by atoms with E-state index in [0.717, 1.165) is 84.4 Å². The Hall–Kier alpha value is -6.84. The van der Waals surface area contributed by atoms with Gasteiger partial charge in [0.2, 0.25) is 0 Å². The number of ether oxygens (including phenoxy) is 6. The number of halogens is 2. The van der Waals surface area contributed by atoms with Gasteiger partial charge in [-0.3, -0.25) is 4.79 Å². The summed E-state index contributed by atoms with van der Waals surface area (Å²) in [6.45, 7) is 29.3. The van der Waals surface area contributed by atoms with Crippen LogP contribution in [0.4, 0.5) is 8.78 Å². The molecule has 0 aliphatic rings. The van der Waals surface area contributed by atoms with Crippen LogP contribution in [0.3, 0.4) is 0 Å². The molecule has 19 heteroatoms. The van der Waals surface area contributed by atoms with Gasteiger partial charge in [-0.15, -0.1) is 0 Å². The molecule has 7 aromatic rings. The molecular formula is C77H104F2O14S3. The zero-order valence-electron chi connectivity index (χ0n) is 59.1. The van der Waals surface area contributed by atoms with E-state index in [-0.39, 0.29) is 33.8 Å². The highest BCUT2D eigenvalue weighted by Gasteiger charge is 2.55. The predicted octanol–water partition coefficient (Wildman–Crippen LogP) is 19.0. The van der Waals surface area contributed by atoms with Gasteiger partial charge in [-0.05, 0) is 183 Å². The van der Waals surface area contributed by atoms with Crippen molar-refractivity contribution in [3.05, 3.63) is 209 Å². The Balaban J connectivity index is 0.000000323. The number of carbonyl (C=O) groups is 1. The van der Waals surface area contributed by atoms with Gasteiger partial charge in [0.1, 0.15) is 41.8 Å². The van der Waals surface area contributed by atoms with Crippen LogP contribution < -0.4 is 13.7 Å². The Morgan fingerprint density at radius 1 is 0.521 bits per heavy atom. The first-order valence-electron chi connectivity index (χ1n) is 32.7. The average Bonchev–Trinajstić information content (AvgIpc) is 0.779. The lowest BCUT2D eigenvalue weighted by Gasteiger charge is -2.38. The van der Waals surface area contributed by atoms with Crippen molar-refractivity contribution in [3.8, 4) is 23.0 Å². The summed E-state index contributed by atoms with van der Waals surface area (Å²) in [6, 6.07) is 57.1. The summed E-state index contributed by atoms with van der Waals surface area (Å²) in [5.41, 5.74) is 5.82. The molecule has 14 nitrogen and oxygen atoms in total. The first kappa shape index (κ1) is 83.4. The Bertz CT molecular complexity index is 3420. The van der Waals surface area contributed by atoms with E-state index in [4.69, 9.17) is 33.5 Å². The minimum Gasteiger partial charge on any atom is -0.742 e. The summed E-state index contributed by atoms with van der Waals surface area (Å²) in [4.78, 5) is 16.2. The second kappa shape index (κ2) is 41.4. The molecule has 0 fully saturated rings. The third-order valence-electron chi connectivity index (χ3n) is 16.7. The number of hydrogen-bond acceptors (Lipinski definition) is 14. The van der Waals surface area contributed by atoms with Crippen LogP contribution >= 0.6 is 0 Å². The Morgan fingerprint density at radius 2 is 0.885 bits per heavy atom. The highest BCUT2D eigenvalue weighted by atomic mass is 32.3. The Kier molecular flexibility index (Phi) is 36.0. The molecule has 0 aromatic heterocycles. The smallest absolute Gasteiger partial charge is 0.470 e. The van der Waals surface area contributed by atoms with Gasteiger partial charge in [0.05, 0.1) is 36.1 Å². The molecule has 0 saturated carbocycles. The molecule has 3 unspecified atom stereocenters. The molecule has 3 atom stereocenters. The summed E-state index contributed by atoms with van der Waals surface area (Å²) < 4.78 is 112. The average molecular weight is 1390 g/mol. The van der Waals surface area contributed by atoms with Crippen molar-refractivity contribution in [2.75, 3.05) is 34.5 Å². The molecule has 0 radical (unpaired) electrons. The van der Waals surface area contributed by atoms with Gasteiger partial charge in [-0.25, -0.2) is 8.42 Å². The molecule has 0 spiro atoms. The minimum absolute atomic E-state index is 0.0146. The molecule has 528 valence electrons. The van der Waals surface area contributed by atoms with Crippen LogP contribution in [0.15, 0.2) is 191 Å². The second-order valence-corrected chi connectivity index (χ2v) is 29.4. The van der Waals surface area contributed by atoms with Gasteiger partial charge in [0.25, 0.3) is 0 Å². The zero-order chi connectivity index (χ0) is 71.7. The molecule has 7 rings (SSSR count). The lowest BCUT2D eigenvalue weighted by molar-refractivity contribution is -0.177. The molecule has 0 bridgehead atoms. The first-order valence-corrected chi connectivity index (χ1v) is 36.8. The van der Waals surface area contributed by atoms with Crippen LogP contribution in [0.1, 0.15) is 180 Å². The van der Waals surface area contributed by atoms with Crippen LogP contribution in [-0.4, -0.2) is 77.2 Å². The van der Waals surface area contributed by atoms with E-state index in [0.29, 0.717) is 56.5 Å². The highest BCUT2D eigenvalue weighted by molar-refractivity contribution is 8.05. The summed E-state index contributed by atoms with van der Waals surface area (Å²) in [5.74, 6) is 3.10. The molecule has 0 saturated heterocycles. The van der Waals surface area contributed by atoms with Crippen molar-refractivity contribution >= 4 is 37.1 Å². The van der Waals surface area contributed by atoms with Gasteiger partial charge in [0, 0.05) is 32.5 Å². The van der Waals surface area contributed by atoms with Gasteiger partial charge in [-0.2, -0.15) is 17.2 Å². The van der Waals surface area contributed by atoms with Crippen LogP contribution in [0.2, 0.25) is 0 Å². The number of carbonyl (C=O) groups excluding carboxylic acids is 1. The van der Waals surface area contributed by atoms with Crippen LogP contribution in [0.5, 0.6) is 23.0 Å². The second-order valence-electron chi connectivity index (χ2n) is 24.2. The summed E-state index contributed by atoms with van der Waals surface area (Å²) in [7, 11) is -7.32. The zero-order valence-corrected chi connectivity index (χ0v) is 61.5. The molecule has 96 heavy (non-hydrogen) atoms. The fraction of sp³-hybridized carbons (Fsp3) is 0.442. The van der Waals surface area contributed by atoms with Crippen molar-refractivity contribution in [3.63, 3.8) is 0 Å². The third kappa shape index (κ3) is 25.9. The van der Waals surface area contributed by atoms with Crippen molar-refractivity contribution in [2.24, 2.45) is 11.3 Å². The fourth-order valence-corrected chi connectivity index (χ4v) is 13.2. The monoisotopic (exact) mass is 1390 g/mol. The van der Waals surface area contributed by atoms with Crippen molar-refractivity contribution in [2.45, 2.75) is 191 Å². The maximum atomic E-state index is 13.0. The van der Waals surface area contributed by atoms with E-state index in [1.807, 2.05) is 58.9 Å². The number of esters is 1. The summed E-state index contributed by atoms with van der Waals surface area (Å²) in [6.07, 6.45) is 5.66. The largest absolute Gasteiger partial charge is 0.742 e. The fourth-order valence-electron chi connectivity index (χ4n) is 9.52. The summed E-state index contributed by atoms with van der Waals surface area (Å²) >= 11 is 0. The molecule has 0 heterocycles. The quantitative estimate of drug-likeness (QED) is 0.0147. The third-order valence-corrected chi connectivity index (χ3v) is 21.7. The minimum atomic E-state index is -6.40. The van der Waals surface area contributed by atoms with Gasteiger partial charge in [0.15, 0.2) is 24.8 Å². The SMILES string of the molecule is CCC(C)(C)C(=O)OC(CC)(CC)C(C)C.CCC(C)c1ccc(O)cc1.CCC(C)c1ccc(OCCOc2c(COC)cc(COC)cc2COC)cc1.CCC(C)c1ccc(OS(=O)(=O)C(F)(F)S(=O)(=O)[O-])cc1.c1ccc([S+](c2ccccc2)c2ccccc2)cc1. The lowest BCUT2D eigenvalue weighted by atomic mass is 9.83. The number of phenolic OH excluding ortho intramolecular Hbond substituents is 1. The van der Waals surface area contributed by atoms with Crippen LogP contribution in [0, 0.1) is 11.3 Å². The van der Waals surface area contributed by atoms with Gasteiger partial charge >= 0.3 is 20.7 Å². The normalized spacial score (nSPS) is 12.6. The molecule has 0 aliphatic carbocycles. The maximum Gasteiger partial charge on any atom is 0.470 e. The number of hydrogen-bond donors (Lipinski definition) is 1. The predicted molar refractivity (Wildman–Crippen MR) is 381 cm³/mol. The number of aromatic hydroxyl groups is 1. The van der Waals surface area contributed by atoms with Crippen LogP contribution in [-0.2, 0) is 74.7 Å². The number of alkyl halides is 2. The number of phenols is 1. The highest BCUT2D eigenvalue weighted by Crippen LogP contribution is 2.36. The molecule has 1 N–H and O–H groups in total. The first-order chi connectivity index (χ1) is 45.5. The van der Waals surface area contributed by atoms with E-state index in [1.54, 1.807) is 33.5 Å². The van der Waals surface area contributed by atoms with E-state index in [2.05, 4.69) is 175 Å². The van der Waals surface area contributed by atoms with Crippen molar-refractivity contribution < 1.29 is 72.7 Å². The molecule has 7 aromatic carbocycles. The van der Waals surface area contributed by atoms with E-state index in [9.17, 15) is 35.0 Å². The van der Waals surface area contributed by atoms with Gasteiger partial charge in [-0.1, -0.05) is 167 Å². The number of methoxy groups -OCH3 is 3. The number of rotatable bonds is 30. The Morgan fingerprint density at radius 3 is 1.22 bits per heavy atom. The molecular weight excluding hydrogens is 1280 g/mol. The van der Waals surface area contributed by atoms with E-state index < -0.39 is 30.6 Å². The number of benzene rings is 7. The molecule has 0 amide bonds. The summed E-state index contributed by atoms with van der Waals surface area (Å²) in [5, 5.41) is 9.01. The van der Waals surface area contributed by atoms with Crippen LogP contribution in [0.25, 0.3) is 0 Å². The van der Waals surface area contributed by atoms with Crippen molar-refractivity contribution in [1.29, 1.82) is 0 Å². The lowest BCUT2D eigenvalue weighted by Crippen LogP contribution is -2.42. The topological polar surface area (TPSA) is 193 Å².